The van der Waals surface area contributed by atoms with E-state index in [4.69, 9.17) is 0 Å². The first-order valence-electron chi connectivity index (χ1n) is 36.8. The first-order valence-corrected chi connectivity index (χ1v) is 36.8. The number of aryl methyl sites for hydroxylation is 4. The molecule has 0 heteroatoms. The van der Waals surface area contributed by atoms with Crippen molar-refractivity contribution in [3.05, 3.63) is 202 Å². The lowest BCUT2D eigenvalue weighted by Crippen LogP contribution is -2.19. The van der Waals surface area contributed by atoms with E-state index in [1.54, 1.807) is 0 Å². The first kappa shape index (κ1) is 62.9. The Hall–Kier alpha value is -7.54. The van der Waals surface area contributed by atoms with Crippen molar-refractivity contribution < 1.29 is 0 Å². The molecule has 13 aromatic carbocycles. The van der Waals surface area contributed by atoms with Crippen molar-refractivity contribution in [3.8, 4) is 44.5 Å². The van der Waals surface area contributed by atoms with Crippen molar-refractivity contribution in [2.45, 2.75) is 228 Å². The Morgan fingerprint density at radius 1 is 0.280 bits per heavy atom. The smallest absolute Gasteiger partial charge is 0.0159 e. The van der Waals surface area contributed by atoms with Crippen LogP contribution in [0.15, 0.2) is 158 Å². The molecule has 13 aromatic rings. The molecule has 0 aromatic heterocycles. The molecule has 0 amide bonds. The Labute approximate surface area is 557 Å². The van der Waals surface area contributed by atoms with Gasteiger partial charge in [-0.25, -0.2) is 0 Å². The molecule has 0 atom stereocenters. The van der Waals surface area contributed by atoms with Gasteiger partial charge in [-0.1, -0.05) is 294 Å². The van der Waals surface area contributed by atoms with Gasteiger partial charge in [-0.2, -0.15) is 0 Å². The zero-order chi connectivity index (χ0) is 64.5. The van der Waals surface area contributed by atoms with E-state index in [-0.39, 0.29) is 16.2 Å². The van der Waals surface area contributed by atoms with Gasteiger partial charge in [0.2, 0.25) is 0 Å². The van der Waals surface area contributed by atoms with Gasteiger partial charge in [0.15, 0.2) is 0 Å². The van der Waals surface area contributed by atoms with Gasteiger partial charge in [0.05, 0.1) is 0 Å². The SMILES string of the molecule is CCCCCCc1cc(CCCCCC)cc(-c2c3cc4c5cc(-c6cc(C(C)(C)C)cc7c6-c6ccc(C(C)(C)C)cc6C7(C)C)ccc5c5cccc(c3c(-c3cc(CCCCCC)cc(CCCCCC)c3)c3c6cc7ccccc7c7cccc(c23)c76)c54)c1. The Morgan fingerprint density at radius 2 is 0.774 bits per heavy atom. The summed E-state index contributed by atoms with van der Waals surface area (Å²) >= 11 is 0. The van der Waals surface area contributed by atoms with Gasteiger partial charge >= 0.3 is 0 Å². The average Bonchev–Trinajstić information content (AvgIpc) is 1.53. The molecule has 0 nitrogen and oxygen atoms in total. The summed E-state index contributed by atoms with van der Waals surface area (Å²) < 4.78 is 0. The lowest BCUT2D eigenvalue weighted by Gasteiger charge is -2.27. The van der Waals surface area contributed by atoms with Crippen LogP contribution in [-0.2, 0) is 41.9 Å². The number of hydrogen-bond acceptors (Lipinski definition) is 0. The van der Waals surface area contributed by atoms with Crippen LogP contribution in [0.1, 0.15) is 230 Å². The fraction of sp³-hybridized carbons (Fsp3) is 0.376. The van der Waals surface area contributed by atoms with Crippen molar-refractivity contribution in [3.63, 3.8) is 0 Å². The molecule has 1 aliphatic rings. The van der Waals surface area contributed by atoms with Crippen LogP contribution >= 0.6 is 0 Å². The Morgan fingerprint density at radius 3 is 1.34 bits per heavy atom. The molecule has 0 N–H and O–H groups in total. The molecule has 0 bridgehead atoms. The molecule has 0 aliphatic heterocycles. The van der Waals surface area contributed by atoms with Crippen molar-refractivity contribution in [1.82, 2.24) is 0 Å². The molecule has 0 saturated carbocycles. The molecule has 0 heterocycles. The second-order valence-electron chi connectivity index (χ2n) is 31.4. The lowest BCUT2D eigenvalue weighted by molar-refractivity contribution is 0.580. The zero-order valence-corrected chi connectivity index (χ0v) is 58.7. The van der Waals surface area contributed by atoms with Crippen molar-refractivity contribution in [1.29, 1.82) is 0 Å². The van der Waals surface area contributed by atoms with E-state index in [0.29, 0.717) is 0 Å². The molecule has 0 saturated heterocycles. The zero-order valence-electron chi connectivity index (χ0n) is 58.7. The highest BCUT2D eigenvalue weighted by molar-refractivity contribution is 6.46. The fourth-order valence-electron chi connectivity index (χ4n) is 17.2. The summed E-state index contributed by atoms with van der Waals surface area (Å²) in [5.74, 6) is 0. The van der Waals surface area contributed by atoms with E-state index < -0.39 is 0 Å². The van der Waals surface area contributed by atoms with Crippen LogP contribution in [0.25, 0.3) is 131 Å². The van der Waals surface area contributed by atoms with Crippen molar-refractivity contribution in [2.75, 3.05) is 0 Å². The van der Waals surface area contributed by atoms with Gasteiger partial charge in [-0.15, -0.1) is 0 Å². The largest absolute Gasteiger partial charge is 0.0654 e. The van der Waals surface area contributed by atoms with Gasteiger partial charge < -0.3 is 0 Å². The molecule has 93 heavy (non-hydrogen) atoms. The molecule has 0 radical (unpaired) electrons. The quantitative estimate of drug-likeness (QED) is 0.0442. The van der Waals surface area contributed by atoms with E-state index in [1.807, 2.05) is 0 Å². The Kier molecular flexibility index (Phi) is 17.1. The molecular formula is C93H102. The van der Waals surface area contributed by atoms with E-state index >= 15 is 0 Å². The van der Waals surface area contributed by atoms with Crippen molar-refractivity contribution in [2.24, 2.45) is 0 Å². The topological polar surface area (TPSA) is 0 Å². The monoisotopic (exact) mass is 1220 g/mol. The van der Waals surface area contributed by atoms with Gasteiger partial charge in [0.1, 0.15) is 0 Å². The lowest BCUT2D eigenvalue weighted by atomic mass is 9.76. The number of fused-ring (bicyclic) bond motifs is 13. The molecule has 474 valence electrons. The summed E-state index contributed by atoms with van der Waals surface area (Å²) in [5.41, 5.74) is 22.6. The summed E-state index contributed by atoms with van der Waals surface area (Å²) in [5, 5.41) is 22.0. The minimum Gasteiger partial charge on any atom is -0.0654 e. The second-order valence-corrected chi connectivity index (χ2v) is 31.4. The summed E-state index contributed by atoms with van der Waals surface area (Å²) in [6.45, 7) is 28.6. The number of hydrogen-bond donors (Lipinski definition) is 0. The van der Waals surface area contributed by atoms with E-state index in [1.165, 1.54) is 278 Å². The van der Waals surface area contributed by atoms with E-state index in [0.717, 1.165) is 25.7 Å². The highest BCUT2D eigenvalue weighted by atomic mass is 14.4. The molecule has 0 fully saturated rings. The van der Waals surface area contributed by atoms with Crippen LogP contribution in [0.3, 0.4) is 0 Å². The van der Waals surface area contributed by atoms with Gasteiger partial charge in [0, 0.05) is 5.41 Å². The maximum absolute atomic E-state index is 2.74. The highest BCUT2D eigenvalue weighted by Crippen LogP contribution is 2.58. The minimum absolute atomic E-state index is 0.0413. The second kappa shape index (κ2) is 25.3. The summed E-state index contributed by atoms with van der Waals surface area (Å²) in [7, 11) is 0. The van der Waals surface area contributed by atoms with E-state index in [9.17, 15) is 0 Å². The predicted molar refractivity (Wildman–Crippen MR) is 412 cm³/mol. The number of rotatable bonds is 23. The van der Waals surface area contributed by atoms with Gasteiger partial charge in [0.25, 0.3) is 0 Å². The maximum Gasteiger partial charge on any atom is 0.0159 e. The van der Waals surface area contributed by atoms with Crippen molar-refractivity contribution >= 4 is 86.2 Å². The van der Waals surface area contributed by atoms with Gasteiger partial charge in [-0.05, 0) is 262 Å². The van der Waals surface area contributed by atoms with Crippen LogP contribution in [0.2, 0.25) is 0 Å². The maximum atomic E-state index is 2.74. The Bertz CT molecular complexity index is 4880. The van der Waals surface area contributed by atoms with Crippen LogP contribution in [0, 0.1) is 0 Å². The van der Waals surface area contributed by atoms with Crippen LogP contribution in [0.4, 0.5) is 0 Å². The summed E-state index contributed by atoms with van der Waals surface area (Å²) in [6.07, 6.45) is 24.5. The molecule has 0 unspecified atom stereocenters. The summed E-state index contributed by atoms with van der Waals surface area (Å²) in [4.78, 5) is 0. The number of benzene rings is 11. The normalized spacial score (nSPS) is 13.5. The van der Waals surface area contributed by atoms with Crippen LogP contribution in [0.5, 0.6) is 0 Å². The fourth-order valence-corrected chi connectivity index (χ4v) is 17.2. The van der Waals surface area contributed by atoms with Crippen LogP contribution in [-0.4, -0.2) is 0 Å². The predicted octanol–water partition coefficient (Wildman–Crippen LogP) is 28.2. The third-order valence-corrected chi connectivity index (χ3v) is 22.2. The third-order valence-electron chi connectivity index (χ3n) is 22.2. The standard InChI is InChI=1S/C93H102/c1-13-17-21-25-33-59-47-60(34-26-22-18-14-2)50-65(49-59)83-80-58-78-77-53-64(76-55-68(92(8,9)10)57-82-87(76)73-46-44-67(91(5,6)7)56-81(73)93(82,11)12)43-45-70(77)72-40-32-41-74(85(72)78)88(80)84(66-51-61(35-27-23-19-15-3)48-62(52-66)36-28-24-20-16-4)90-79-54-63-37-29-30-38-69(63)71-39-31-42-75(86(71)79)89(83)90/h29-32,37-58H,13-28,33-36H2,1-12H3. The number of unbranched alkanes of at least 4 members (excludes halogenated alkanes) is 12. The minimum atomic E-state index is -0.156. The summed E-state index contributed by atoms with van der Waals surface area (Å²) in [6, 6.07) is 65.3. The molecular weight excluding hydrogens is 1120 g/mol. The molecule has 1 aliphatic carbocycles. The first-order chi connectivity index (χ1) is 45.0. The average molecular weight is 1220 g/mol. The Balaban J connectivity index is 1.14. The van der Waals surface area contributed by atoms with E-state index in [2.05, 4.69) is 241 Å². The molecule has 0 spiro atoms. The third kappa shape index (κ3) is 11.3. The highest BCUT2D eigenvalue weighted by Gasteiger charge is 2.39. The van der Waals surface area contributed by atoms with Crippen LogP contribution < -0.4 is 0 Å². The molecule has 14 rings (SSSR count). The van der Waals surface area contributed by atoms with Gasteiger partial charge in [-0.3, -0.25) is 0 Å².